The summed E-state index contributed by atoms with van der Waals surface area (Å²) in [5.74, 6) is 1.56. The molecule has 4 rings (SSSR count). The number of rotatable bonds is 5. The largest absolute Gasteiger partial charge is 0.496 e. The van der Waals surface area contributed by atoms with Crippen LogP contribution >= 0.6 is 0 Å². The molecule has 2 aliphatic rings. The Morgan fingerprint density at radius 2 is 1.86 bits per heavy atom. The molecule has 2 saturated heterocycles. The normalized spacial score (nSPS) is 24.4. The molecule has 0 radical (unpaired) electrons. The quantitative estimate of drug-likeness (QED) is 0.831. The highest BCUT2D eigenvalue weighted by atomic mass is 16.5. The number of para-hydroxylation sites is 1. The molecule has 0 bridgehead atoms. The van der Waals surface area contributed by atoms with Gasteiger partial charge in [0, 0.05) is 24.9 Å². The van der Waals surface area contributed by atoms with Gasteiger partial charge in [0.15, 0.2) is 0 Å². The first-order valence-corrected chi connectivity index (χ1v) is 11.0. The van der Waals surface area contributed by atoms with Crippen molar-refractivity contribution < 1.29 is 9.53 Å². The highest BCUT2D eigenvalue weighted by Crippen LogP contribution is 2.35. The number of aryl methyl sites for hydroxylation is 1. The summed E-state index contributed by atoms with van der Waals surface area (Å²) in [6.07, 6.45) is 5.78. The minimum Gasteiger partial charge on any atom is -0.496 e. The molecule has 2 aromatic rings. The van der Waals surface area contributed by atoms with Gasteiger partial charge in [-0.1, -0.05) is 55.0 Å². The fourth-order valence-corrected chi connectivity index (χ4v) is 5.15. The Kier molecular flexibility index (Phi) is 6.50. The van der Waals surface area contributed by atoms with Gasteiger partial charge in [-0.2, -0.15) is 0 Å². The number of nitrogens with zero attached hydrogens (tertiary/aromatic N) is 1. The lowest BCUT2D eigenvalue weighted by atomic mass is 9.80. The van der Waals surface area contributed by atoms with Crippen molar-refractivity contribution in [3.05, 3.63) is 65.7 Å². The van der Waals surface area contributed by atoms with Crippen LogP contribution in [0.15, 0.2) is 54.6 Å². The first-order valence-electron chi connectivity index (χ1n) is 11.0. The van der Waals surface area contributed by atoms with Gasteiger partial charge in [0.25, 0.3) is 0 Å². The average molecular weight is 393 g/mol. The summed E-state index contributed by atoms with van der Waals surface area (Å²) >= 11 is 0. The zero-order valence-corrected chi connectivity index (χ0v) is 17.3. The van der Waals surface area contributed by atoms with Crippen molar-refractivity contribution in [2.75, 3.05) is 20.2 Å². The Balaban J connectivity index is 1.54. The van der Waals surface area contributed by atoms with Crippen LogP contribution in [0.4, 0.5) is 0 Å². The first-order chi connectivity index (χ1) is 14.3. The molecule has 1 amide bonds. The number of fused-ring (bicyclic) bond motifs is 1. The van der Waals surface area contributed by atoms with Crippen molar-refractivity contribution in [1.82, 2.24) is 10.2 Å². The number of piperidine rings is 1. The second-order valence-corrected chi connectivity index (χ2v) is 8.25. The van der Waals surface area contributed by atoms with E-state index in [1.807, 2.05) is 18.2 Å². The molecule has 4 nitrogen and oxygen atoms in total. The summed E-state index contributed by atoms with van der Waals surface area (Å²) < 4.78 is 5.47. The van der Waals surface area contributed by atoms with Crippen LogP contribution in [0.25, 0.3) is 0 Å². The fourth-order valence-electron chi connectivity index (χ4n) is 5.15. The number of hydrogen-bond donors (Lipinski definition) is 1. The van der Waals surface area contributed by atoms with E-state index in [4.69, 9.17) is 4.74 Å². The van der Waals surface area contributed by atoms with Gasteiger partial charge in [0.1, 0.15) is 5.75 Å². The van der Waals surface area contributed by atoms with Crippen LogP contribution in [0.2, 0.25) is 0 Å². The summed E-state index contributed by atoms with van der Waals surface area (Å²) in [6, 6.07) is 19.4. The summed E-state index contributed by atoms with van der Waals surface area (Å²) in [4.78, 5) is 15.6. The SMILES string of the molecule is COc1ccccc1CCC(=O)N1CCCC[C@H]2NCC[C@H](c3ccccc3)[C@H]21. The smallest absolute Gasteiger partial charge is 0.223 e. The van der Waals surface area contributed by atoms with Crippen molar-refractivity contribution in [2.45, 2.75) is 56.5 Å². The number of hydrogen-bond acceptors (Lipinski definition) is 3. The van der Waals surface area contributed by atoms with Crippen LogP contribution < -0.4 is 10.1 Å². The number of likely N-dealkylation sites (tertiary alicyclic amines) is 1. The second-order valence-electron chi connectivity index (χ2n) is 8.25. The number of ether oxygens (including phenoxy) is 1. The van der Waals surface area contributed by atoms with E-state index in [1.54, 1.807) is 7.11 Å². The van der Waals surface area contributed by atoms with E-state index in [2.05, 4.69) is 46.6 Å². The topological polar surface area (TPSA) is 41.6 Å². The molecule has 4 heteroatoms. The number of amides is 1. The highest BCUT2D eigenvalue weighted by Gasteiger charge is 2.40. The molecule has 154 valence electrons. The third kappa shape index (κ3) is 4.48. The van der Waals surface area contributed by atoms with Crippen LogP contribution in [-0.4, -0.2) is 43.1 Å². The van der Waals surface area contributed by atoms with Gasteiger partial charge in [0.2, 0.25) is 5.91 Å². The summed E-state index contributed by atoms with van der Waals surface area (Å²) in [7, 11) is 1.69. The van der Waals surface area contributed by atoms with Crippen LogP contribution in [0.5, 0.6) is 5.75 Å². The van der Waals surface area contributed by atoms with E-state index in [0.29, 0.717) is 18.4 Å². The van der Waals surface area contributed by atoms with Gasteiger partial charge in [-0.15, -0.1) is 0 Å². The number of benzene rings is 2. The predicted octanol–water partition coefficient (Wildman–Crippen LogP) is 4.15. The Morgan fingerprint density at radius 3 is 2.69 bits per heavy atom. The molecule has 29 heavy (non-hydrogen) atoms. The minimum atomic E-state index is 0.249. The lowest BCUT2D eigenvalue weighted by molar-refractivity contribution is -0.135. The van der Waals surface area contributed by atoms with Crippen molar-refractivity contribution in [3.8, 4) is 5.75 Å². The molecule has 0 saturated carbocycles. The molecule has 0 aromatic heterocycles. The van der Waals surface area contributed by atoms with E-state index in [1.165, 1.54) is 12.0 Å². The molecular formula is C25H32N2O2. The number of methoxy groups -OCH3 is 1. The van der Waals surface area contributed by atoms with E-state index in [0.717, 1.165) is 50.1 Å². The standard InChI is InChI=1S/C25H32N2O2/c1-29-23-13-6-5-11-20(23)14-15-24(28)27-18-8-7-12-22-25(27)21(16-17-26-22)19-9-3-2-4-10-19/h2-6,9-11,13,21-22,25-26H,7-8,12,14-18H2,1H3/t21-,22-,25-/m1/s1. The summed E-state index contributed by atoms with van der Waals surface area (Å²) in [6.45, 7) is 1.90. The molecular weight excluding hydrogens is 360 g/mol. The van der Waals surface area contributed by atoms with E-state index in [9.17, 15) is 4.79 Å². The van der Waals surface area contributed by atoms with Crippen molar-refractivity contribution in [3.63, 3.8) is 0 Å². The molecule has 3 atom stereocenters. The molecule has 2 aromatic carbocycles. The zero-order chi connectivity index (χ0) is 20.1. The van der Waals surface area contributed by atoms with E-state index >= 15 is 0 Å². The molecule has 2 aliphatic heterocycles. The van der Waals surface area contributed by atoms with Crippen LogP contribution in [-0.2, 0) is 11.2 Å². The zero-order valence-electron chi connectivity index (χ0n) is 17.3. The Morgan fingerprint density at radius 1 is 1.07 bits per heavy atom. The highest BCUT2D eigenvalue weighted by molar-refractivity contribution is 5.77. The number of carbonyl (C=O) groups excluding carboxylic acids is 1. The average Bonchev–Trinajstić information content (AvgIpc) is 3.01. The molecule has 0 spiro atoms. The predicted molar refractivity (Wildman–Crippen MR) is 116 cm³/mol. The third-order valence-corrected chi connectivity index (χ3v) is 6.56. The van der Waals surface area contributed by atoms with Crippen LogP contribution in [0, 0.1) is 0 Å². The van der Waals surface area contributed by atoms with Crippen LogP contribution in [0.1, 0.15) is 49.1 Å². The number of nitrogens with one attached hydrogen (secondary N) is 1. The summed E-state index contributed by atoms with van der Waals surface area (Å²) in [5.41, 5.74) is 2.48. The van der Waals surface area contributed by atoms with E-state index < -0.39 is 0 Å². The second kappa shape index (κ2) is 9.45. The molecule has 0 unspecified atom stereocenters. The van der Waals surface area contributed by atoms with Gasteiger partial charge < -0.3 is 15.0 Å². The molecule has 1 N–H and O–H groups in total. The van der Waals surface area contributed by atoms with Gasteiger partial charge >= 0.3 is 0 Å². The van der Waals surface area contributed by atoms with Gasteiger partial charge in [-0.3, -0.25) is 4.79 Å². The van der Waals surface area contributed by atoms with Gasteiger partial charge in [-0.05, 0) is 49.4 Å². The van der Waals surface area contributed by atoms with Crippen molar-refractivity contribution in [2.24, 2.45) is 0 Å². The van der Waals surface area contributed by atoms with Gasteiger partial charge in [0.05, 0.1) is 13.2 Å². The minimum absolute atomic E-state index is 0.249. The van der Waals surface area contributed by atoms with Crippen molar-refractivity contribution >= 4 is 5.91 Å². The monoisotopic (exact) mass is 392 g/mol. The molecule has 2 fully saturated rings. The molecule has 0 aliphatic carbocycles. The Bertz CT molecular complexity index is 807. The Hall–Kier alpha value is -2.33. The summed E-state index contributed by atoms with van der Waals surface area (Å²) in [5, 5.41) is 3.72. The maximum absolute atomic E-state index is 13.4. The van der Waals surface area contributed by atoms with Crippen molar-refractivity contribution in [1.29, 1.82) is 0 Å². The maximum atomic E-state index is 13.4. The lowest BCUT2D eigenvalue weighted by Crippen LogP contribution is -2.57. The fraction of sp³-hybridized carbons (Fsp3) is 0.480. The lowest BCUT2D eigenvalue weighted by Gasteiger charge is -2.44. The molecule has 2 heterocycles. The maximum Gasteiger partial charge on any atom is 0.223 e. The van der Waals surface area contributed by atoms with Gasteiger partial charge in [-0.25, -0.2) is 0 Å². The third-order valence-electron chi connectivity index (χ3n) is 6.56. The number of carbonyl (C=O) groups is 1. The van der Waals surface area contributed by atoms with E-state index in [-0.39, 0.29) is 11.9 Å². The first kappa shape index (κ1) is 20.0. The Labute approximate surface area is 174 Å². The van der Waals surface area contributed by atoms with Crippen LogP contribution in [0.3, 0.4) is 0 Å².